The topological polar surface area (TPSA) is 56.6 Å². The zero-order chi connectivity index (χ0) is 16.8. The highest BCUT2D eigenvalue weighted by Crippen LogP contribution is 2.12. The molecule has 1 aliphatic rings. The van der Waals surface area contributed by atoms with Gasteiger partial charge in [-0.25, -0.2) is 4.79 Å². The van der Waals surface area contributed by atoms with Crippen LogP contribution in [0.15, 0.2) is 36.7 Å². The minimum atomic E-state index is -0.382. The van der Waals surface area contributed by atoms with Crippen molar-refractivity contribution in [2.45, 2.75) is 13.2 Å². The number of morpholine rings is 1. The fourth-order valence-corrected chi connectivity index (χ4v) is 2.73. The highest BCUT2D eigenvalue weighted by Gasteiger charge is 2.13. The number of benzene rings is 1. The summed E-state index contributed by atoms with van der Waals surface area (Å²) in [4.78, 5) is 14.4. The number of carbonyl (C=O) groups is 1. The van der Waals surface area contributed by atoms with Crippen molar-refractivity contribution in [2.24, 2.45) is 0 Å². The third-order valence-electron chi connectivity index (χ3n) is 3.88. The van der Waals surface area contributed by atoms with E-state index in [2.05, 4.69) is 10.00 Å². The van der Waals surface area contributed by atoms with Gasteiger partial charge in [0.15, 0.2) is 0 Å². The van der Waals surface area contributed by atoms with Gasteiger partial charge in [0.1, 0.15) is 6.61 Å². The second-order valence-electron chi connectivity index (χ2n) is 5.65. The number of carbonyl (C=O) groups excluding carboxylic acids is 1. The molecule has 2 heterocycles. The zero-order valence-electron chi connectivity index (χ0n) is 13.4. The van der Waals surface area contributed by atoms with E-state index < -0.39 is 0 Å². The van der Waals surface area contributed by atoms with Gasteiger partial charge < -0.3 is 9.47 Å². The molecule has 0 atom stereocenters. The molecule has 2 aromatic rings. The molecule has 0 radical (unpaired) electrons. The first-order chi connectivity index (χ1) is 11.7. The highest BCUT2D eigenvalue weighted by molar-refractivity contribution is 6.30. The minimum absolute atomic E-state index is 0.193. The molecule has 0 unspecified atom stereocenters. The van der Waals surface area contributed by atoms with E-state index in [4.69, 9.17) is 21.1 Å². The Morgan fingerprint density at radius 1 is 1.29 bits per heavy atom. The molecule has 1 aliphatic heterocycles. The lowest BCUT2D eigenvalue weighted by Crippen LogP contribution is -2.38. The van der Waals surface area contributed by atoms with Crippen molar-refractivity contribution in [1.29, 1.82) is 0 Å². The van der Waals surface area contributed by atoms with Crippen LogP contribution in [0, 0.1) is 0 Å². The molecule has 3 rings (SSSR count). The second kappa shape index (κ2) is 8.28. The second-order valence-corrected chi connectivity index (χ2v) is 6.09. The van der Waals surface area contributed by atoms with Crippen molar-refractivity contribution in [3.05, 3.63) is 52.8 Å². The molecule has 0 aliphatic carbocycles. The van der Waals surface area contributed by atoms with Crippen molar-refractivity contribution in [1.82, 2.24) is 14.7 Å². The number of hydrogen-bond donors (Lipinski definition) is 0. The van der Waals surface area contributed by atoms with Crippen LogP contribution in [-0.4, -0.2) is 53.5 Å². The maximum Gasteiger partial charge on any atom is 0.341 e. The standard InChI is InChI=1S/C17H20ClN3O3/c18-16-3-1-2-14(10-16)13-24-17(22)15-11-19-21(12-15)5-4-20-6-8-23-9-7-20/h1-3,10-12H,4-9,13H2. The lowest BCUT2D eigenvalue weighted by atomic mass is 10.2. The number of nitrogens with zero attached hydrogens (tertiary/aromatic N) is 3. The Kier molecular flexibility index (Phi) is 5.85. The van der Waals surface area contributed by atoms with E-state index in [0.717, 1.165) is 45.0 Å². The van der Waals surface area contributed by atoms with Crippen LogP contribution in [0.2, 0.25) is 5.02 Å². The van der Waals surface area contributed by atoms with E-state index in [1.807, 2.05) is 12.1 Å². The van der Waals surface area contributed by atoms with Gasteiger partial charge in [-0.1, -0.05) is 23.7 Å². The number of halogens is 1. The molecule has 0 bridgehead atoms. The zero-order valence-corrected chi connectivity index (χ0v) is 14.1. The highest BCUT2D eigenvalue weighted by atomic mass is 35.5. The molecular formula is C17H20ClN3O3. The molecule has 24 heavy (non-hydrogen) atoms. The van der Waals surface area contributed by atoms with Gasteiger partial charge in [-0.3, -0.25) is 9.58 Å². The molecule has 7 heteroatoms. The average molecular weight is 350 g/mol. The summed E-state index contributed by atoms with van der Waals surface area (Å²) in [6, 6.07) is 7.26. The third kappa shape index (κ3) is 4.80. The molecule has 0 amide bonds. The van der Waals surface area contributed by atoms with E-state index in [9.17, 15) is 4.79 Å². The lowest BCUT2D eigenvalue weighted by Gasteiger charge is -2.26. The van der Waals surface area contributed by atoms with Gasteiger partial charge >= 0.3 is 5.97 Å². The predicted molar refractivity (Wildman–Crippen MR) is 90.1 cm³/mol. The molecule has 0 saturated carbocycles. The summed E-state index contributed by atoms with van der Waals surface area (Å²) in [5, 5.41) is 4.85. The van der Waals surface area contributed by atoms with Crippen molar-refractivity contribution in [3.63, 3.8) is 0 Å². The summed E-state index contributed by atoms with van der Waals surface area (Å²) < 4.78 is 12.4. The molecule has 1 fully saturated rings. The van der Waals surface area contributed by atoms with E-state index >= 15 is 0 Å². The summed E-state index contributed by atoms with van der Waals surface area (Å²) in [7, 11) is 0. The van der Waals surface area contributed by atoms with E-state index in [1.165, 1.54) is 0 Å². The van der Waals surface area contributed by atoms with Gasteiger partial charge in [0, 0.05) is 30.9 Å². The summed E-state index contributed by atoms with van der Waals surface area (Å²) in [6.07, 6.45) is 3.26. The summed E-state index contributed by atoms with van der Waals surface area (Å²) in [5.41, 5.74) is 1.31. The molecule has 128 valence electrons. The van der Waals surface area contributed by atoms with Crippen LogP contribution in [0.5, 0.6) is 0 Å². The van der Waals surface area contributed by atoms with Crippen LogP contribution >= 0.6 is 11.6 Å². The van der Waals surface area contributed by atoms with Gasteiger partial charge in [0.25, 0.3) is 0 Å². The van der Waals surface area contributed by atoms with Crippen molar-refractivity contribution >= 4 is 17.6 Å². The van der Waals surface area contributed by atoms with E-state index in [0.29, 0.717) is 10.6 Å². The molecule has 0 N–H and O–H groups in total. The quantitative estimate of drug-likeness (QED) is 0.748. The lowest BCUT2D eigenvalue weighted by molar-refractivity contribution is 0.0359. The number of aromatic nitrogens is 2. The van der Waals surface area contributed by atoms with Crippen LogP contribution in [0.1, 0.15) is 15.9 Å². The first kappa shape index (κ1) is 17.0. The Labute approximate surface area is 145 Å². The first-order valence-electron chi connectivity index (χ1n) is 7.95. The molecule has 6 nitrogen and oxygen atoms in total. The molecule has 1 aromatic heterocycles. The number of ether oxygens (including phenoxy) is 2. The molecule has 0 spiro atoms. The Morgan fingerprint density at radius 3 is 2.92 bits per heavy atom. The third-order valence-corrected chi connectivity index (χ3v) is 4.11. The maximum absolute atomic E-state index is 12.1. The van der Waals surface area contributed by atoms with Crippen LogP contribution in [0.3, 0.4) is 0 Å². The monoisotopic (exact) mass is 349 g/mol. The van der Waals surface area contributed by atoms with Crippen molar-refractivity contribution in [2.75, 3.05) is 32.8 Å². The Balaban J connectivity index is 1.48. The van der Waals surface area contributed by atoms with Crippen LogP contribution < -0.4 is 0 Å². The number of esters is 1. The number of hydrogen-bond acceptors (Lipinski definition) is 5. The van der Waals surface area contributed by atoms with Crippen molar-refractivity contribution in [3.8, 4) is 0 Å². The van der Waals surface area contributed by atoms with Crippen LogP contribution in [0.25, 0.3) is 0 Å². The van der Waals surface area contributed by atoms with Gasteiger partial charge in [-0.15, -0.1) is 0 Å². The fraction of sp³-hybridized carbons (Fsp3) is 0.412. The largest absolute Gasteiger partial charge is 0.457 e. The van der Waals surface area contributed by atoms with E-state index in [-0.39, 0.29) is 12.6 Å². The van der Waals surface area contributed by atoms with Gasteiger partial charge in [0.05, 0.1) is 31.5 Å². The Hall–Kier alpha value is -1.89. The minimum Gasteiger partial charge on any atom is -0.457 e. The fourth-order valence-electron chi connectivity index (χ4n) is 2.52. The van der Waals surface area contributed by atoms with Gasteiger partial charge in [-0.05, 0) is 17.7 Å². The van der Waals surface area contributed by atoms with Crippen LogP contribution in [-0.2, 0) is 22.6 Å². The Bertz CT molecular complexity index is 683. The predicted octanol–water partition coefficient (Wildman–Crippen LogP) is 2.23. The first-order valence-corrected chi connectivity index (χ1v) is 8.32. The van der Waals surface area contributed by atoms with Gasteiger partial charge in [0.2, 0.25) is 0 Å². The normalized spacial score (nSPS) is 15.4. The van der Waals surface area contributed by atoms with Crippen LogP contribution in [0.4, 0.5) is 0 Å². The number of rotatable bonds is 6. The molecular weight excluding hydrogens is 330 g/mol. The SMILES string of the molecule is O=C(OCc1cccc(Cl)c1)c1cnn(CCN2CCOCC2)c1. The van der Waals surface area contributed by atoms with Gasteiger partial charge in [-0.2, -0.15) is 5.10 Å². The smallest absolute Gasteiger partial charge is 0.341 e. The van der Waals surface area contributed by atoms with E-state index in [1.54, 1.807) is 29.2 Å². The maximum atomic E-state index is 12.1. The summed E-state index contributed by atoms with van der Waals surface area (Å²) >= 11 is 5.91. The average Bonchev–Trinajstić information content (AvgIpc) is 3.08. The molecule has 1 aromatic carbocycles. The summed E-state index contributed by atoms with van der Waals surface area (Å²) in [6.45, 7) is 5.26. The summed E-state index contributed by atoms with van der Waals surface area (Å²) in [5.74, 6) is -0.382. The van der Waals surface area contributed by atoms with Crippen molar-refractivity contribution < 1.29 is 14.3 Å². The Morgan fingerprint density at radius 2 is 2.12 bits per heavy atom. The molecule has 1 saturated heterocycles.